The van der Waals surface area contributed by atoms with Crippen molar-refractivity contribution in [1.29, 1.82) is 0 Å². The summed E-state index contributed by atoms with van der Waals surface area (Å²) >= 11 is 1.64. The van der Waals surface area contributed by atoms with Gasteiger partial charge >= 0.3 is 0 Å². The average Bonchev–Trinajstić information content (AvgIpc) is 3.12. The van der Waals surface area contributed by atoms with E-state index < -0.39 is 6.04 Å². The van der Waals surface area contributed by atoms with Crippen molar-refractivity contribution in [3.63, 3.8) is 0 Å². The molecule has 2 aliphatic rings. The fourth-order valence-corrected chi connectivity index (χ4v) is 4.69. The molecular formula is C15H15FN4O2S. The van der Waals surface area contributed by atoms with Crippen LogP contribution in [-0.4, -0.2) is 43.3 Å². The van der Waals surface area contributed by atoms with Gasteiger partial charge in [-0.2, -0.15) is 0 Å². The molecule has 23 heavy (non-hydrogen) atoms. The lowest BCUT2D eigenvalue weighted by Crippen LogP contribution is -2.48. The van der Waals surface area contributed by atoms with Crippen LogP contribution in [0.3, 0.4) is 0 Å². The Morgan fingerprint density at radius 1 is 1.57 bits per heavy atom. The van der Waals surface area contributed by atoms with E-state index in [2.05, 4.69) is 15.3 Å². The average molecular weight is 334 g/mol. The van der Waals surface area contributed by atoms with Crippen LogP contribution in [0.15, 0.2) is 18.2 Å². The maximum absolute atomic E-state index is 13.2. The van der Waals surface area contributed by atoms with Gasteiger partial charge in [0.05, 0.1) is 15.9 Å². The number of rotatable bonds is 2. The number of fused-ring (bicyclic) bond motifs is 2. The molecule has 0 radical (unpaired) electrons. The van der Waals surface area contributed by atoms with Crippen molar-refractivity contribution in [2.75, 3.05) is 11.1 Å². The van der Waals surface area contributed by atoms with Crippen LogP contribution in [0.4, 0.5) is 10.3 Å². The third-order valence-electron chi connectivity index (χ3n) is 4.43. The number of aromatic nitrogens is 2. The number of hydrogen-bond donors (Lipinski definition) is 2. The lowest BCUT2D eigenvalue weighted by atomic mass is 10.2. The van der Waals surface area contributed by atoms with Gasteiger partial charge in [0, 0.05) is 12.2 Å². The number of amides is 2. The van der Waals surface area contributed by atoms with Crippen molar-refractivity contribution in [2.24, 2.45) is 0 Å². The second-order valence-electron chi connectivity index (χ2n) is 6.00. The number of anilines is 1. The van der Waals surface area contributed by atoms with Gasteiger partial charge in [-0.1, -0.05) is 0 Å². The molecule has 0 aliphatic carbocycles. The molecule has 2 atom stereocenters. The third kappa shape index (κ3) is 2.28. The summed E-state index contributed by atoms with van der Waals surface area (Å²) in [7, 11) is 0. The summed E-state index contributed by atoms with van der Waals surface area (Å²) in [5.74, 6) is 0.217. The summed E-state index contributed by atoms with van der Waals surface area (Å²) in [5.41, 5.74) is 1.09. The largest absolute Gasteiger partial charge is 0.324 e. The van der Waals surface area contributed by atoms with Gasteiger partial charge in [0.25, 0.3) is 0 Å². The minimum Gasteiger partial charge on any atom is -0.324 e. The van der Waals surface area contributed by atoms with Crippen LogP contribution in [0, 0.1) is 5.82 Å². The van der Waals surface area contributed by atoms with Gasteiger partial charge in [0.2, 0.25) is 17.8 Å². The van der Waals surface area contributed by atoms with Crippen molar-refractivity contribution in [1.82, 2.24) is 14.9 Å². The number of carbonyl (C=O) groups is 2. The van der Waals surface area contributed by atoms with E-state index in [4.69, 9.17) is 0 Å². The van der Waals surface area contributed by atoms with Gasteiger partial charge in [-0.15, -0.1) is 11.8 Å². The first-order chi connectivity index (χ1) is 11.0. The van der Waals surface area contributed by atoms with E-state index in [-0.39, 0.29) is 28.5 Å². The fourth-order valence-electron chi connectivity index (χ4n) is 3.26. The number of nitrogens with one attached hydrogen (secondary N) is 2. The number of nitrogens with zero attached hydrogens (tertiary/aromatic N) is 2. The highest BCUT2D eigenvalue weighted by Crippen LogP contribution is 2.47. The van der Waals surface area contributed by atoms with E-state index in [1.165, 1.54) is 12.1 Å². The van der Waals surface area contributed by atoms with Crippen LogP contribution >= 0.6 is 11.8 Å². The number of H-pyrrole nitrogens is 1. The fraction of sp³-hybridized carbons (Fsp3) is 0.400. The molecule has 2 saturated heterocycles. The minimum atomic E-state index is -0.495. The number of imidazole rings is 1. The summed E-state index contributed by atoms with van der Waals surface area (Å²) in [6.07, 6.45) is 1.25. The monoisotopic (exact) mass is 334 g/mol. The molecule has 0 bridgehead atoms. The van der Waals surface area contributed by atoms with Crippen LogP contribution in [0.25, 0.3) is 11.0 Å². The van der Waals surface area contributed by atoms with Crippen molar-refractivity contribution >= 4 is 40.6 Å². The lowest BCUT2D eigenvalue weighted by Gasteiger charge is -2.29. The highest BCUT2D eigenvalue weighted by atomic mass is 32.2. The molecule has 8 heteroatoms. The van der Waals surface area contributed by atoms with Gasteiger partial charge in [-0.25, -0.2) is 9.37 Å². The second kappa shape index (κ2) is 4.95. The Balaban J connectivity index is 1.56. The van der Waals surface area contributed by atoms with Crippen molar-refractivity contribution < 1.29 is 14.0 Å². The Kier molecular flexibility index (Phi) is 3.12. The van der Waals surface area contributed by atoms with E-state index in [1.807, 2.05) is 6.92 Å². The Bertz CT molecular complexity index is 823. The van der Waals surface area contributed by atoms with Crippen LogP contribution in [0.1, 0.15) is 19.8 Å². The number of thioether (sulfide) groups is 1. The molecule has 6 nitrogen and oxygen atoms in total. The predicted molar refractivity (Wildman–Crippen MR) is 85.4 cm³/mol. The molecule has 0 spiro atoms. The van der Waals surface area contributed by atoms with Crippen LogP contribution in [0.5, 0.6) is 0 Å². The van der Waals surface area contributed by atoms with Gasteiger partial charge in [-0.3, -0.25) is 14.9 Å². The molecule has 2 amide bonds. The van der Waals surface area contributed by atoms with Crippen molar-refractivity contribution in [2.45, 2.75) is 30.7 Å². The molecule has 2 aliphatic heterocycles. The van der Waals surface area contributed by atoms with E-state index in [0.29, 0.717) is 23.2 Å². The Labute approximate surface area is 135 Å². The van der Waals surface area contributed by atoms with E-state index in [9.17, 15) is 14.0 Å². The summed E-state index contributed by atoms with van der Waals surface area (Å²) in [4.78, 5) is 33.1. The van der Waals surface area contributed by atoms with Gasteiger partial charge in [-0.05, 0) is 31.5 Å². The number of benzene rings is 1. The zero-order valence-electron chi connectivity index (χ0n) is 12.4. The maximum atomic E-state index is 13.2. The van der Waals surface area contributed by atoms with Gasteiger partial charge in [0.1, 0.15) is 11.9 Å². The lowest BCUT2D eigenvalue weighted by molar-refractivity contribution is -0.135. The van der Waals surface area contributed by atoms with E-state index in [0.717, 1.165) is 6.42 Å². The maximum Gasteiger partial charge on any atom is 0.250 e. The topological polar surface area (TPSA) is 78.1 Å². The third-order valence-corrected chi connectivity index (χ3v) is 5.94. The number of halogens is 1. The number of aromatic amines is 1. The molecular weight excluding hydrogens is 319 g/mol. The van der Waals surface area contributed by atoms with E-state index >= 15 is 0 Å². The standard InChI is InChI=1S/C15H15FN4O2S/c1-15-5-4-12(21)20(15)11(7-23-15)13(22)19-14-17-9-3-2-8(16)6-10(9)18-14/h2-3,6,11H,4-5,7H2,1H3,(H2,17,18,19,22). The summed E-state index contributed by atoms with van der Waals surface area (Å²) in [6.45, 7) is 2.00. The van der Waals surface area contributed by atoms with Crippen molar-refractivity contribution in [3.8, 4) is 0 Å². The summed E-state index contributed by atoms with van der Waals surface area (Å²) in [6, 6.07) is 3.69. The molecule has 1 aromatic carbocycles. The highest BCUT2D eigenvalue weighted by molar-refractivity contribution is 8.01. The summed E-state index contributed by atoms with van der Waals surface area (Å²) in [5, 5.41) is 2.71. The first kappa shape index (κ1) is 14.5. The normalized spacial score (nSPS) is 26.8. The second-order valence-corrected chi connectivity index (χ2v) is 7.50. The zero-order chi connectivity index (χ0) is 16.2. The molecule has 3 heterocycles. The van der Waals surface area contributed by atoms with Crippen LogP contribution < -0.4 is 5.32 Å². The quantitative estimate of drug-likeness (QED) is 0.881. The van der Waals surface area contributed by atoms with Gasteiger partial charge < -0.3 is 9.88 Å². The number of carbonyl (C=O) groups excluding carboxylic acids is 2. The van der Waals surface area contributed by atoms with Crippen molar-refractivity contribution in [3.05, 3.63) is 24.0 Å². The molecule has 2 fully saturated rings. The molecule has 120 valence electrons. The van der Waals surface area contributed by atoms with Crippen LogP contribution in [0.2, 0.25) is 0 Å². The molecule has 1 aromatic heterocycles. The van der Waals surface area contributed by atoms with E-state index in [1.54, 1.807) is 22.7 Å². The predicted octanol–water partition coefficient (Wildman–Crippen LogP) is 2.09. The zero-order valence-corrected chi connectivity index (χ0v) is 13.2. The number of hydrogen-bond acceptors (Lipinski definition) is 4. The first-order valence-corrected chi connectivity index (χ1v) is 8.37. The summed E-state index contributed by atoms with van der Waals surface area (Å²) < 4.78 is 13.2. The smallest absolute Gasteiger partial charge is 0.250 e. The highest BCUT2D eigenvalue weighted by Gasteiger charge is 2.52. The molecule has 0 saturated carbocycles. The van der Waals surface area contributed by atoms with Gasteiger partial charge in [0.15, 0.2) is 0 Å². The minimum absolute atomic E-state index is 0.0179. The molecule has 2 N–H and O–H groups in total. The SMILES string of the molecule is CC12CCC(=O)N1C(C(=O)Nc1nc3ccc(F)cc3[nH]1)CS2. The Morgan fingerprint density at radius 2 is 2.39 bits per heavy atom. The van der Waals surface area contributed by atoms with Crippen LogP contribution in [-0.2, 0) is 9.59 Å². The molecule has 4 rings (SSSR count). The first-order valence-electron chi connectivity index (χ1n) is 7.38. The Hall–Kier alpha value is -2.09. The Morgan fingerprint density at radius 3 is 3.22 bits per heavy atom. The molecule has 2 unspecified atom stereocenters. The molecule has 2 aromatic rings.